The average Bonchev–Trinajstić information content (AvgIpc) is 3.07. The number of allylic oxidation sites excluding steroid dienone is 2. The minimum absolute atomic E-state index is 0.196. The highest BCUT2D eigenvalue weighted by molar-refractivity contribution is 7.46. The summed E-state index contributed by atoms with van der Waals surface area (Å²) in [5.74, 6) is -0.893. The fourth-order valence-corrected chi connectivity index (χ4v) is 6.32. The highest BCUT2D eigenvalue weighted by atomic mass is 31.2. The highest BCUT2D eigenvalue weighted by Gasteiger charge is 2.22. The number of rotatable bonds is 38. The number of carbonyl (C=O) groups is 2. The standard InChI is InChI=1S/C40H77O8P/c1-3-5-7-9-11-13-15-17-18-19-20-21-23-24-26-28-30-32-34-39(41)46-36-38(37-47-49(43,44)45)48-40(42)35-33-31-29-27-25-22-16-14-12-10-8-6-4-2/h22,25,38H,3-21,23-24,26-37H2,1-2H3,(H2,43,44,45)/b25-22+/t38-/m1/s1. The molecule has 2 N–H and O–H groups in total. The second-order valence-electron chi connectivity index (χ2n) is 14.0. The summed E-state index contributed by atoms with van der Waals surface area (Å²) < 4.78 is 26.3. The van der Waals surface area contributed by atoms with Gasteiger partial charge in [0.2, 0.25) is 0 Å². The lowest BCUT2D eigenvalue weighted by atomic mass is 10.0. The van der Waals surface area contributed by atoms with E-state index in [1.54, 1.807) is 0 Å². The first kappa shape index (κ1) is 47.8. The van der Waals surface area contributed by atoms with Crippen molar-refractivity contribution in [3.63, 3.8) is 0 Å². The molecule has 1 atom stereocenters. The van der Waals surface area contributed by atoms with Crippen molar-refractivity contribution in [3.05, 3.63) is 12.2 Å². The number of unbranched alkanes of at least 4 members (excludes halogenated alkanes) is 26. The van der Waals surface area contributed by atoms with E-state index in [-0.39, 0.29) is 19.4 Å². The van der Waals surface area contributed by atoms with Crippen molar-refractivity contribution >= 4 is 19.8 Å². The maximum atomic E-state index is 12.4. The summed E-state index contributed by atoms with van der Waals surface area (Å²) in [5, 5.41) is 0. The third-order valence-electron chi connectivity index (χ3n) is 9.03. The van der Waals surface area contributed by atoms with E-state index < -0.39 is 32.5 Å². The van der Waals surface area contributed by atoms with Crippen molar-refractivity contribution in [1.29, 1.82) is 0 Å². The number of carbonyl (C=O) groups excluding carboxylic acids is 2. The van der Waals surface area contributed by atoms with E-state index >= 15 is 0 Å². The second kappa shape index (κ2) is 36.6. The molecular formula is C40H77O8P. The van der Waals surface area contributed by atoms with Gasteiger partial charge in [0, 0.05) is 12.8 Å². The van der Waals surface area contributed by atoms with Crippen LogP contribution in [0.4, 0.5) is 0 Å². The summed E-state index contributed by atoms with van der Waals surface area (Å²) in [6.07, 6.45) is 39.4. The highest BCUT2D eigenvalue weighted by Crippen LogP contribution is 2.36. The van der Waals surface area contributed by atoms with Gasteiger partial charge in [-0.05, 0) is 38.5 Å². The Morgan fingerprint density at radius 1 is 0.510 bits per heavy atom. The molecule has 0 aromatic carbocycles. The number of phosphoric ester groups is 1. The van der Waals surface area contributed by atoms with Crippen LogP contribution in [-0.2, 0) is 28.2 Å². The molecule has 0 aromatic heterocycles. The van der Waals surface area contributed by atoms with E-state index in [0.717, 1.165) is 44.9 Å². The molecule has 0 amide bonds. The van der Waals surface area contributed by atoms with Gasteiger partial charge >= 0.3 is 19.8 Å². The summed E-state index contributed by atoms with van der Waals surface area (Å²) in [4.78, 5) is 42.7. The monoisotopic (exact) mass is 717 g/mol. The Bertz CT molecular complexity index is 812. The van der Waals surface area contributed by atoms with Gasteiger partial charge in [-0.2, -0.15) is 0 Å². The van der Waals surface area contributed by atoms with E-state index in [1.165, 1.54) is 135 Å². The molecule has 290 valence electrons. The van der Waals surface area contributed by atoms with Gasteiger partial charge in [-0.25, -0.2) is 4.57 Å². The number of hydrogen-bond acceptors (Lipinski definition) is 6. The van der Waals surface area contributed by atoms with Crippen molar-refractivity contribution in [2.45, 2.75) is 219 Å². The maximum Gasteiger partial charge on any atom is 0.469 e. The minimum atomic E-state index is -4.75. The fourth-order valence-electron chi connectivity index (χ4n) is 5.96. The van der Waals surface area contributed by atoms with Crippen molar-refractivity contribution in [2.75, 3.05) is 13.2 Å². The van der Waals surface area contributed by atoms with Crippen LogP contribution in [0.2, 0.25) is 0 Å². The Kier molecular flexibility index (Phi) is 35.7. The van der Waals surface area contributed by atoms with Crippen LogP contribution in [0.25, 0.3) is 0 Å². The van der Waals surface area contributed by atoms with Crippen LogP contribution in [0, 0.1) is 0 Å². The van der Waals surface area contributed by atoms with Gasteiger partial charge < -0.3 is 19.3 Å². The maximum absolute atomic E-state index is 12.4. The molecule has 0 aliphatic heterocycles. The van der Waals surface area contributed by atoms with Crippen LogP contribution < -0.4 is 0 Å². The molecule has 0 fully saturated rings. The van der Waals surface area contributed by atoms with E-state index in [0.29, 0.717) is 6.42 Å². The number of hydrogen-bond donors (Lipinski definition) is 2. The van der Waals surface area contributed by atoms with Gasteiger partial charge in [0.15, 0.2) is 6.10 Å². The van der Waals surface area contributed by atoms with Gasteiger partial charge in [0.25, 0.3) is 0 Å². The molecule has 8 nitrogen and oxygen atoms in total. The largest absolute Gasteiger partial charge is 0.469 e. The fraction of sp³-hybridized carbons (Fsp3) is 0.900. The topological polar surface area (TPSA) is 119 Å². The van der Waals surface area contributed by atoms with E-state index in [1.807, 2.05) is 0 Å². The Morgan fingerprint density at radius 2 is 0.857 bits per heavy atom. The van der Waals surface area contributed by atoms with Crippen molar-refractivity contribution in [3.8, 4) is 0 Å². The summed E-state index contributed by atoms with van der Waals surface area (Å²) >= 11 is 0. The van der Waals surface area contributed by atoms with Crippen LogP contribution in [0.1, 0.15) is 213 Å². The van der Waals surface area contributed by atoms with E-state index in [2.05, 4.69) is 30.5 Å². The summed E-state index contributed by atoms with van der Waals surface area (Å²) in [7, 11) is -4.75. The van der Waals surface area contributed by atoms with Crippen LogP contribution in [-0.4, -0.2) is 41.0 Å². The molecule has 0 saturated heterocycles. The third-order valence-corrected chi connectivity index (χ3v) is 9.52. The predicted octanol–water partition coefficient (Wildman–Crippen LogP) is 12.2. The lowest BCUT2D eigenvalue weighted by Gasteiger charge is -2.18. The van der Waals surface area contributed by atoms with Gasteiger partial charge in [-0.15, -0.1) is 0 Å². The molecule has 0 heterocycles. The number of phosphoric acid groups is 1. The van der Waals surface area contributed by atoms with Crippen LogP contribution in [0.15, 0.2) is 12.2 Å². The summed E-state index contributed by atoms with van der Waals surface area (Å²) in [5.41, 5.74) is 0. The Labute approximate surface area is 301 Å². The summed E-state index contributed by atoms with van der Waals surface area (Å²) in [6.45, 7) is 3.68. The van der Waals surface area contributed by atoms with Crippen molar-refractivity contribution in [1.82, 2.24) is 0 Å². The first-order valence-corrected chi connectivity index (χ1v) is 22.0. The molecular weight excluding hydrogens is 639 g/mol. The molecule has 0 aliphatic carbocycles. The van der Waals surface area contributed by atoms with Crippen LogP contribution in [0.5, 0.6) is 0 Å². The average molecular weight is 717 g/mol. The second-order valence-corrected chi connectivity index (χ2v) is 15.2. The molecule has 9 heteroatoms. The first-order chi connectivity index (χ1) is 23.8. The minimum Gasteiger partial charge on any atom is -0.462 e. The molecule has 0 spiro atoms. The zero-order valence-corrected chi connectivity index (χ0v) is 32.8. The van der Waals surface area contributed by atoms with E-state index in [4.69, 9.17) is 19.3 Å². The third kappa shape index (κ3) is 39.4. The van der Waals surface area contributed by atoms with Gasteiger partial charge in [0.05, 0.1) is 6.61 Å². The van der Waals surface area contributed by atoms with Gasteiger partial charge in [-0.1, -0.05) is 174 Å². The van der Waals surface area contributed by atoms with Gasteiger partial charge in [-0.3, -0.25) is 14.1 Å². The molecule has 0 saturated carbocycles. The normalized spacial score (nSPS) is 12.5. The molecule has 0 radical (unpaired) electrons. The molecule has 0 aromatic rings. The molecule has 0 rings (SSSR count). The van der Waals surface area contributed by atoms with Crippen molar-refractivity contribution < 1.29 is 37.9 Å². The lowest BCUT2D eigenvalue weighted by molar-refractivity contribution is -0.161. The lowest BCUT2D eigenvalue weighted by Crippen LogP contribution is -2.29. The number of esters is 2. The first-order valence-electron chi connectivity index (χ1n) is 20.5. The van der Waals surface area contributed by atoms with Crippen LogP contribution >= 0.6 is 7.82 Å². The van der Waals surface area contributed by atoms with Gasteiger partial charge in [0.1, 0.15) is 6.61 Å². The van der Waals surface area contributed by atoms with E-state index in [9.17, 15) is 14.2 Å². The molecule has 0 bridgehead atoms. The zero-order chi connectivity index (χ0) is 36.1. The smallest absolute Gasteiger partial charge is 0.462 e. The SMILES string of the molecule is CCCCCCCC/C=C/CCCCCC(=O)O[C@H](COC(=O)CCCCCCCCCCCCCCCCCCCC)COP(=O)(O)O. The Balaban J connectivity index is 3.88. The predicted molar refractivity (Wildman–Crippen MR) is 202 cm³/mol. The zero-order valence-electron chi connectivity index (χ0n) is 31.9. The Hall–Kier alpha value is -1.21. The molecule has 0 aliphatic rings. The van der Waals surface area contributed by atoms with Crippen LogP contribution in [0.3, 0.4) is 0 Å². The number of ether oxygens (including phenoxy) is 2. The summed E-state index contributed by atoms with van der Waals surface area (Å²) in [6, 6.07) is 0. The quantitative estimate of drug-likeness (QED) is 0.0280. The Morgan fingerprint density at radius 3 is 1.27 bits per heavy atom. The van der Waals surface area contributed by atoms with Crippen molar-refractivity contribution in [2.24, 2.45) is 0 Å². The molecule has 49 heavy (non-hydrogen) atoms. The molecule has 0 unspecified atom stereocenters.